The molecule has 336 valence electrons. The van der Waals surface area contributed by atoms with Crippen LogP contribution in [0.3, 0.4) is 0 Å². The van der Waals surface area contributed by atoms with Crippen LogP contribution >= 0.6 is 7.26 Å². The fraction of sp³-hybridized carbons (Fsp3) is 0.224. The molecule has 8 rings (SSSR count). The zero-order chi connectivity index (χ0) is 46.3. The summed E-state index contributed by atoms with van der Waals surface area (Å²) >= 11 is 0. The van der Waals surface area contributed by atoms with E-state index in [1.165, 1.54) is 41.0 Å². The van der Waals surface area contributed by atoms with Crippen molar-refractivity contribution in [2.45, 2.75) is 44.5 Å². The molecule has 65 heavy (non-hydrogen) atoms. The van der Waals surface area contributed by atoms with E-state index in [0.717, 1.165) is 38.3 Å². The van der Waals surface area contributed by atoms with Gasteiger partial charge in [0.05, 0.1) is 6.16 Å². The van der Waals surface area contributed by atoms with Crippen molar-refractivity contribution in [3.05, 3.63) is 166 Å². The Morgan fingerprint density at radius 2 is 1.32 bits per heavy atom. The number of amides is 1. The summed E-state index contributed by atoms with van der Waals surface area (Å²) in [4.78, 5) is 27.9. The molecule has 0 saturated carbocycles. The molecule has 0 N–H and O–H groups in total. The van der Waals surface area contributed by atoms with Crippen LogP contribution in [0.25, 0.3) is 33.4 Å². The highest BCUT2D eigenvalue weighted by Crippen LogP contribution is 2.56. The predicted molar refractivity (Wildman–Crippen MR) is 237 cm³/mol. The maximum atomic E-state index is 15.8. The Labute approximate surface area is 370 Å². The third-order valence-electron chi connectivity index (χ3n) is 12.1. The van der Waals surface area contributed by atoms with E-state index >= 15 is 13.2 Å². The second kappa shape index (κ2) is 18.1. The van der Waals surface area contributed by atoms with E-state index in [1.54, 1.807) is 4.90 Å². The minimum Gasteiger partial charge on any atom is -0.450 e. The average Bonchev–Trinajstić information content (AvgIpc) is 3.30. The highest BCUT2D eigenvalue weighted by molar-refractivity contribution is 7.95. The highest BCUT2D eigenvalue weighted by Gasteiger charge is 2.50. The zero-order valence-corrected chi connectivity index (χ0v) is 36.4. The lowest BCUT2D eigenvalue weighted by Gasteiger charge is -2.32. The maximum absolute atomic E-state index is 15.8. The first kappa shape index (κ1) is 45.5. The van der Waals surface area contributed by atoms with E-state index in [1.807, 2.05) is 18.2 Å². The minimum absolute atomic E-state index is 0.0529. The number of carbonyl (C=O) groups excluding carboxylic acids is 1. The molecule has 0 radical (unpaired) electrons. The van der Waals surface area contributed by atoms with Crippen molar-refractivity contribution in [3.63, 3.8) is 0 Å². The normalized spacial score (nSPS) is 14.0. The van der Waals surface area contributed by atoms with Crippen LogP contribution in [-0.4, -0.2) is 44.0 Å². The van der Waals surface area contributed by atoms with Gasteiger partial charge in [-0.25, -0.2) is 8.78 Å². The Kier molecular flexibility index (Phi) is 12.7. The van der Waals surface area contributed by atoms with E-state index in [0.29, 0.717) is 31.1 Å². The van der Waals surface area contributed by atoms with Gasteiger partial charge < -0.3 is 13.5 Å². The summed E-state index contributed by atoms with van der Waals surface area (Å²) in [6, 6.07) is 37.4. The Morgan fingerprint density at radius 1 is 0.754 bits per heavy atom. The number of likely N-dealkylation sites (tertiary alicyclic amines) is 1. The van der Waals surface area contributed by atoms with Crippen LogP contribution in [-0.2, 0) is 10.1 Å². The van der Waals surface area contributed by atoms with Gasteiger partial charge in [-0.1, -0.05) is 67.1 Å². The fourth-order valence-electron chi connectivity index (χ4n) is 8.86. The number of rotatable bonds is 12. The molecule has 0 spiro atoms. The average molecular weight is 935 g/mol. The number of fused-ring (bicyclic) bond motifs is 2. The second-order valence-corrected chi connectivity index (χ2v) is 21.2. The lowest BCUT2D eigenvalue weighted by Crippen LogP contribution is -2.38. The van der Waals surface area contributed by atoms with Gasteiger partial charge in [0.2, 0.25) is 17.4 Å². The molecule has 0 bridgehead atoms. The first-order valence-electron chi connectivity index (χ1n) is 20.7. The van der Waals surface area contributed by atoms with Crippen LogP contribution in [0.5, 0.6) is 5.75 Å². The largest absolute Gasteiger partial charge is 0.534 e. The fourth-order valence-corrected chi connectivity index (χ4v) is 13.7. The molecule has 1 amide bonds. The van der Waals surface area contributed by atoms with Gasteiger partial charge in [-0.05, 0) is 110 Å². The summed E-state index contributed by atoms with van der Waals surface area (Å²) in [6.07, 6.45) is 5.62. The van der Waals surface area contributed by atoms with Gasteiger partial charge in [0.15, 0.2) is 23.0 Å². The predicted octanol–water partition coefficient (Wildman–Crippen LogP) is 10.7. The molecular weight excluding hydrogens is 895 g/mol. The lowest BCUT2D eigenvalue weighted by atomic mass is 9.89. The number of nitrogens with zero attached hydrogens (tertiary/aromatic N) is 1. The van der Waals surface area contributed by atoms with Crippen LogP contribution in [0.15, 0.2) is 131 Å². The van der Waals surface area contributed by atoms with Gasteiger partial charge in [-0.3, -0.25) is 9.59 Å². The van der Waals surface area contributed by atoms with Gasteiger partial charge >= 0.3 is 15.6 Å². The Bertz CT molecular complexity index is 2940. The van der Waals surface area contributed by atoms with E-state index < -0.39 is 79.6 Å². The molecule has 5 aromatic rings. The molecule has 0 atom stereocenters. The van der Waals surface area contributed by atoms with Crippen molar-refractivity contribution in [2.24, 2.45) is 5.92 Å². The van der Waals surface area contributed by atoms with Crippen molar-refractivity contribution in [1.29, 1.82) is 0 Å². The number of hydrogen-bond donors (Lipinski definition) is 0. The van der Waals surface area contributed by atoms with E-state index in [2.05, 4.69) is 77.0 Å². The summed E-state index contributed by atoms with van der Waals surface area (Å²) in [5.41, 5.74) is -9.31. The SMILES string of the molecule is Cc1cc(C(=O)N2CCC(CCCC[P+](c3ccccc3)(c3ccccc3)c3ccccc3)CC2)ccc1-c1c2cc(F)c(=O)c(F)c-2oc2c(F)c(OS(=O)(=O)C(F)(F)F)c(F)cc12. The number of benzene rings is 6. The summed E-state index contributed by atoms with van der Waals surface area (Å²) in [5.74, 6) is -10.4. The number of piperidine rings is 1. The molecule has 1 fully saturated rings. The molecule has 0 aromatic heterocycles. The number of carbonyl (C=O) groups is 1. The molecule has 1 aliphatic carbocycles. The molecular formula is C49H40F7NO6PS+. The highest BCUT2D eigenvalue weighted by atomic mass is 32.2. The van der Waals surface area contributed by atoms with Gasteiger partial charge in [0, 0.05) is 35.2 Å². The van der Waals surface area contributed by atoms with Crippen molar-refractivity contribution in [2.75, 3.05) is 19.3 Å². The number of hydrogen-bond acceptors (Lipinski definition) is 6. The number of unbranched alkanes of at least 4 members (excludes halogenated alkanes) is 1. The summed E-state index contributed by atoms with van der Waals surface area (Å²) in [7, 11) is -8.54. The van der Waals surface area contributed by atoms with E-state index in [-0.39, 0.29) is 28.2 Å². The molecule has 7 nitrogen and oxygen atoms in total. The Balaban J connectivity index is 1.00. The monoisotopic (exact) mass is 934 g/mol. The quantitative estimate of drug-likeness (QED) is 0.0303. The van der Waals surface area contributed by atoms with Gasteiger partial charge in [0.25, 0.3) is 11.3 Å². The van der Waals surface area contributed by atoms with Crippen LogP contribution < -0.4 is 25.5 Å². The van der Waals surface area contributed by atoms with Gasteiger partial charge in [0.1, 0.15) is 23.2 Å². The van der Waals surface area contributed by atoms with Crippen LogP contribution in [0.4, 0.5) is 30.7 Å². The second-order valence-electron chi connectivity index (χ2n) is 16.0. The number of alkyl halides is 3. The third-order valence-corrected chi connectivity index (χ3v) is 17.6. The van der Waals surface area contributed by atoms with Crippen LogP contribution in [0.2, 0.25) is 0 Å². The molecule has 3 aliphatic rings. The number of aryl methyl sites for hydroxylation is 1. The van der Waals surface area contributed by atoms with E-state index in [4.69, 9.17) is 4.42 Å². The number of halogens is 7. The topological polar surface area (TPSA) is 93.9 Å². The lowest BCUT2D eigenvalue weighted by molar-refractivity contribution is -0.0501. The van der Waals surface area contributed by atoms with Crippen molar-refractivity contribution in [1.82, 2.24) is 4.90 Å². The molecule has 5 aromatic carbocycles. The molecule has 2 aliphatic heterocycles. The van der Waals surface area contributed by atoms with Crippen molar-refractivity contribution in [3.8, 4) is 28.2 Å². The standard InChI is InChI=1S/C49H40F7NO6PS/c1-30-27-32(20-21-36(30)41-37-28-39(50)44(58)42(52)45(37)62-46-38(41)29-40(51)47(43(46)53)63-65(60,61)49(54,55)56)48(59)57-24-22-31(23-25-57)13-11-12-26-64(33-14-5-2-6-15-33,34-16-7-3-8-17-34)35-18-9-4-10-19-35/h2-10,14-21,27-29,31H,11-13,22-26H2,1H3/q+1. The maximum Gasteiger partial charge on any atom is 0.534 e. The van der Waals surface area contributed by atoms with Crippen molar-refractivity contribution < 1.29 is 52.5 Å². The third kappa shape index (κ3) is 8.63. The minimum atomic E-state index is -6.59. The van der Waals surface area contributed by atoms with Crippen molar-refractivity contribution >= 4 is 50.2 Å². The Morgan fingerprint density at radius 3 is 1.86 bits per heavy atom. The zero-order valence-electron chi connectivity index (χ0n) is 34.7. The first-order chi connectivity index (χ1) is 31.0. The summed E-state index contributed by atoms with van der Waals surface area (Å²) < 4.78 is 133. The molecule has 1 saturated heterocycles. The molecule has 2 heterocycles. The van der Waals surface area contributed by atoms with E-state index in [9.17, 15) is 35.6 Å². The summed E-state index contributed by atoms with van der Waals surface area (Å²) in [6.45, 7) is 2.51. The van der Waals surface area contributed by atoms with Crippen LogP contribution in [0.1, 0.15) is 48.0 Å². The van der Waals surface area contributed by atoms with Gasteiger partial charge in [-0.15, -0.1) is 0 Å². The molecule has 16 heteroatoms. The van der Waals surface area contributed by atoms with Crippen LogP contribution in [0, 0.1) is 36.1 Å². The summed E-state index contributed by atoms with van der Waals surface area (Å²) in [5, 5.41) is 3.41. The first-order valence-corrected chi connectivity index (χ1v) is 24.1. The Hall–Kier alpha value is -6.05. The van der Waals surface area contributed by atoms with Gasteiger partial charge in [-0.2, -0.15) is 30.4 Å². The smallest absolute Gasteiger partial charge is 0.450 e. The molecule has 0 unspecified atom stereocenters.